The smallest absolute Gasteiger partial charge is 0.159 e. The number of aliphatic hydroxyl groups is 7. The molecule has 0 amide bonds. The van der Waals surface area contributed by atoms with Crippen LogP contribution in [0.1, 0.15) is 79.6 Å². The Balaban J connectivity index is 1.69. The highest BCUT2D eigenvalue weighted by Crippen LogP contribution is 2.68. The summed E-state index contributed by atoms with van der Waals surface area (Å²) in [4.78, 5) is 13.3. The quantitative estimate of drug-likeness (QED) is 0.295. The standard InChI is InChI=1S/C27H44O8/c1-23(2,33)9-8-20(30)26(5,34)19-7-11-27(35)15-12-17(28)16-13-18(29)21(31)22(32)25(16,4)14(15)6-10-24(19,27)3/h12,14,16,18-22,29-35H,6-11,13H2,1-5H3/t14-,16-,18+,19-,20-,21+,22+,24+,25+,26+,27+/m0/s1. The van der Waals surface area contributed by atoms with Gasteiger partial charge in [0.25, 0.3) is 0 Å². The molecule has 0 radical (unpaired) electrons. The summed E-state index contributed by atoms with van der Waals surface area (Å²) in [5, 5.41) is 76.6. The number of ketones is 1. The van der Waals surface area contributed by atoms with E-state index in [9.17, 15) is 40.5 Å². The van der Waals surface area contributed by atoms with E-state index in [-0.39, 0.29) is 24.5 Å². The van der Waals surface area contributed by atoms with Crippen molar-refractivity contribution >= 4 is 5.78 Å². The first kappa shape index (κ1) is 27.2. The second-order valence-electron chi connectivity index (χ2n) is 13.2. The lowest BCUT2D eigenvalue weighted by atomic mass is 9.45. The van der Waals surface area contributed by atoms with Crippen LogP contribution in [-0.4, -0.2) is 82.7 Å². The van der Waals surface area contributed by atoms with Gasteiger partial charge in [-0.05, 0) is 89.2 Å². The van der Waals surface area contributed by atoms with Crippen molar-refractivity contribution in [2.24, 2.45) is 28.6 Å². The van der Waals surface area contributed by atoms with Gasteiger partial charge >= 0.3 is 0 Å². The third kappa shape index (κ3) is 3.78. The Morgan fingerprint density at radius 3 is 2.29 bits per heavy atom. The van der Waals surface area contributed by atoms with Gasteiger partial charge in [0.2, 0.25) is 0 Å². The Kier molecular flexibility index (Phi) is 6.46. The lowest BCUT2D eigenvalue weighted by molar-refractivity contribution is -0.205. The van der Waals surface area contributed by atoms with E-state index in [1.165, 1.54) is 6.08 Å². The minimum absolute atomic E-state index is 0.0638. The Morgan fingerprint density at radius 1 is 1.06 bits per heavy atom. The van der Waals surface area contributed by atoms with Crippen LogP contribution in [0.3, 0.4) is 0 Å². The van der Waals surface area contributed by atoms with E-state index in [4.69, 9.17) is 0 Å². The molecule has 0 unspecified atom stereocenters. The molecule has 4 aliphatic carbocycles. The van der Waals surface area contributed by atoms with Gasteiger partial charge in [-0.1, -0.05) is 13.8 Å². The molecule has 0 aromatic carbocycles. The van der Waals surface area contributed by atoms with Gasteiger partial charge < -0.3 is 35.7 Å². The van der Waals surface area contributed by atoms with Crippen LogP contribution in [-0.2, 0) is 4.79 Å². The van der Waals surface area contributed by atoms with Gasteiger partial charge in [-0.3, -0.25) is 4.79 Å². The van der Waals surface area contributed by atoms with Gasteiger partial charge in [0.15, 0.2) is 5.78 Å². The molecule has 0 aliphatic heterocycles. The van der Waals surface area contributed by atoms with Crippen LogP contribution in [0.5, 0.6) is 0 Å². The zero-order valence-electron chi connectivity index (χ0n) is 21.6. The highest BCUT2D eigenvalue weighted by molar-refractivity contribution is 5.95. The highest BCUT2D eigenvalue weighted by Gasteiger charge is 2.70. The molecule has 0 saturated heterocycles. The summed E-state index contributed by atoms with van der Waals surface area (Å²) in [5.41, 5.74) is -5.21. The Bertz CT molecular complexity index is 892. The maximum Gasteiger partial charge on any atom is 0.159 e. The zero-order valence-corrected chi connectivity index (χ0v) is 21.6. The molecule has 0 heterocycles. The van der Waals surface area contributed by atoms with Crippen LogP contribution in [0.25, 0.3) is 0 Å². The van der Waals surface area contributed by atoms with E-state index in [0.29, 0.717) is 37.7 Å². The van der Waals surface area contributed by atoms with Crippen molar-refractivity contribution in [3.8, 4) is 0 Å². The van der Waals surface area contributed by atoms with Crippen LogP contribution >= 0.6 is 0 Å². The maximum atomic E-state index is 13.3. The van der Waals surface area contributed by atoms with E-state index in [1.807, 2.05) is 6.92 Å². The van der Waals surface area contributed by atoms with Gasteiger partial charge in [0.05, 0.1) is 35.1 Å². The van der Waals surface area contributed by atoms with Crippen molar-refractivity contribution in [1.29, 1.82) is 0 Å². The average Bonchev–Trinajstić information content (AvgIpc) is 3.04. The maximum absolute atomic E-state index is 13.3. The Hall–Kier alpha value is -0.870. The Morgan fingerprint density at radius 2 is 1.69 bits per heavy atom. The molecule has 8 heteroatoms. The van der Waals surface area contributed by atoms with Gasteiger partial charge in [0.1, 0.15) is 6.10 Å². The molecular weight excluding hydrogens is 452 g/mol. The van der Waals surface area contributed by atoms with Crippen LogP contribution in [0, 0.1) is 28.6 Å². The first-order valence-corrected chi connectivity index (χ1v) is 13.1. The number of hydrogen-bond acceptors (Lipinski definition) is 8. The zero-order chi connectivity index (χ0) is 26.4. The summed E-state index contributed by atoms with van der Waals surface area (Å²) in [7, 11) is 0. The van der Waals surface area contributed by atoms with E-state index in [2.05, 4.69) is 0 Å². The molecule has 7 N–H and O–H groups in total. The fourth-order valence-corrected chi connectivity index (χ4v) is 8.35. The normalized spacial score (nSPS) is 48.3. The average molecular weight is 497 g/mol. The number of carbonyl (C=O) groups is 1. The van der Waals surface area contributed by atoms with Crippen LogP contribution < -0.4 is 0 Å². The second-order valence-corrected chi connectivity index (χ2v) is 13.2. The molecule has 0 spiro atoms. The number of rotatable bonds is 5. The van der Waals surface area contributed by atoms with E-state index >= 15 is 0 Å². The van der Waals surface area contributed by atoms with Crippen molar-refractivity contribution in [2.75, 3.05) is 0 Å². The van der Waals surface area contributed by atoms with Gasteiger partial charge in [-0.15, -0.1) is 0 Å². The predicted octanol–water partition coefficient (Wildman–Crippen LogP) is 0.825. The molecule has 0 bridgehead atoms. The van der Waals surface area contributed by atoms with Crippen LogP contribution in [0.2, 0.25) is 0 Å². The minimum Gasteiger partial charge on any atom is -0.390 e. The topological polar surface area (TPSA) is 159 Å². The van der Waals surface area contributed by atoms with Crippen molar-refractivity contribution in [1.82, 2.24) is 0 Å². The van der Waals surface area contributed by atoms with Crippen molar-refractivity contribution < 1.29 is 40.5 Å². The van der Waals surface area contributed by atoms with E-state index < -0.39 is 63.9 Å². The predicted molar refractivity (Wildman–Crippen MR) is 128 cm³/mol. The summed E-state index contributed by atoms with van der Waals surface area (Å²) in [6, 6.07) is 0. The molecule has 4 rings (SSSR count). The lowest BCUT2D eigenvalue weighted by Gasteiger charge is -2.61. The van der Waals surface area contributed by atoms with E-state index in [1.54, 1.807) is 27.7 Å². The molecule has 0 aromatic rings. The number of allylic oxidation sites excluding steroid dienone is 1. The molecule has 4 aliphatic rings. The molecule has 35 heavy (non-hydrogen) atoms. The van der Waals surface area contributed by atoms with Crippen LogP contribution in [0.15, 0.2) is 11.6 Å². The van der Waals surface area contributed by atoms with Crippen molar-refractivity contribution in [3.63, 3.8) is 0 Å². The number of aliphatic hydroxyl groups excluding tert-OH is 4. The highest BCUT2D eigenvalue weighted by atomic mass is 16.4. The van der Waals surface area contributed by atoms with Gasteiger partial charge in [-0.2, -0.15) is 0 Å². The van der Waals surface area contributed by atoms with Gasteiger partial charge in [0, 0.05) is 16.7 Å². The number of fused-ring (bicyclic) bond motifs is 5. The first-order valence-electron chi connectivity index (χ1n) is 13.1. The summed E-state index contributed by atoms with van der Waals surface area (Å²) in [6.45, 7) is 8.59. The third-order valence-corrected chi connectivity index (χ3v) is 10.7. The molecular formula is C27H44O8. The fraction of sp³-hybridized carbons (Fsp3) is 0.889. The number of carbonyl (C=O) groups excluding carboxylic acids is 1. The summed E-state index contributed by atoms with van der Waals surface area (Å²) >= 11 is 0. The Labute approximate surface area is 207 Å². The largest absolute Gasteiger partial charge is 0.390 e. The van der Waals surface area contributed by atoms with E-state index in [0.717, 1.165) is 0 Å². The third-order valence-electron chi connectivity index (χ3n) is 10.7. The summed E-state index contributed by atoms with van der Waals surface area (Å²) in [6.07, 6.45) is -1.09. The van der Waals surface area contributed by atoms with Crippen molar-refractivity contribution in [3.05, 3.63) is 11.6 Å². The summed E-state index contributed by atoms with van der Waals surface area (Å²) < 4.78 is 0. The lowest BCUT2D eigenvalue weighted by Crippen LogP contribution is -2.66. The molecule has 8 nitrogen and oxygen atoms in total. The van der Waals surface area contributed by atoms with Crippen LogP contribution in [0.4, 0.5) is 0 Å². The number of hydrogen-bond donors (Lipinski definition) is 7. The molecule has 200 valence electrons. The molecule has 0 aromatic heterocycles. The molecule has 11 atom stereocenters. The summed E-state index contributed by atoms with van der Waals surface area (Å²) in [5.74, 6) is -1.73. The SMILES string of the molecule is CC(C)(O)CC[C@H](O)[C@](C)(O)[C@H]1CC[C@@]2(O)C3=CC(=O)[C@@H]4C[C@@H](O)[C@@H](O)[C@@H](O)[C@]4(C)[C@H]3CC[C@]12C. The second kappa shape index (κ2) is 8.32. The fourth-order valence-electron chi connectivity index (χ4n) is 8.35. The molecule has 3 fully saturated rings. The first-order chi connectivity index (χ1) is 15.9. The monoisotopic (exact) mass is 496 g/mol. The van der Waals surface area contributed by atoms with Crippen molar-refractivity contribution in [2.45, 2.75) is 121 Å². The molecule has 3 saturated carbocycles. The van der Waals surface area contributed by atoms with Gasteiger partial charge in [-0.25, -0.2) is 0 Å². The minimum atomic E-state index is -1.52.